The van der Waals surface area contributed by atoms with E-state index in [1.807, 2.05) is 35.0 Å². The highest BCUT2D eigenvalue weighted by atomic mass is 35.5. The molecule has 1 fully saturated rings. The molecule has 4 heterocycles. The molecular weight excluding hydrogens is 308 g/mol. The van der Waals surface area contributed by atoms with Crippen molar-refractivity contribution >= 4 is 17.2 Å². The number of imidazole rings is 1. The van der Waals surface area contributed by atoms with E-state index in [1.54, 1.807) is 0 Å². The van der Waals surface area contributed by atoms with Gasteiger partial charge >= 0.3 is 0 Å². The third kappa shape index (κ3) is 2.84. The van der Waals surface area contributed by atoms with Crippen LogP contribution in [0.2, 0.25) is 5.02 Å². The lowest BCUT2D eigenvalue weighted by atomic mass is 9.94. The molecule has 0 unspecified atom stereocenters. The van der Waals surface area contributed by atoms with E-state index in [1.165, 1.54) is 25.1 Å². The van der Waals surface area contributed by atoms with Crippen LogP contribution in [-0.2, 0) is 0 Å². The zero-order valence-electron chi connectivity index (χ0n) is 13.1. The minimum absolute atomic E-state index is 0.511. The van der Waals surface area contributed by atoms with Crippen LogP contribution in [0.4, 0.5) is 0 Å². The van der Waals surface area contributed by atoms with Gasteiger partial charge in [0, 0.05) is 24.4 Å². The third-order valence-corrected chi connectivity index (χ3v) is 4.77. The zero-order valence-corrected chi connectivity index (χ0v) is 13.9. The molecule has 0 aliphatic carbocycles. The second-order valence-corrected chi connectivity index (χ2v) is 6.70. The first-order valence-electron chi connectivity index (χ1n) is 7.99. The van der Waals surface area contributed by atoms with Gasteiger partial charge in [-0.2, -0.15) is 0 Å². The van der Waals surface area contributed by atoms with Crippen LogP contribution >= 0.6 is 11.6 Å². The molecule has 0 amide bonds. The van der Waals surface area contributed by atoms with Gasteiger partial charge in [0.25, 0.3) is 0 Å². The fourth-order valence-electron chi connectivity index (χ4n) is 3.37. The Labute approximate surface area is 140 Å². The van der Waals surface area contributed by atoms with Crippen molar-refractivity contribution < 1.29 is 0 Å². The van der Waals surface area contributed by atoms with E-state index in [0.29, 0.717) is 10.9 Å². The Morgan fingerprint density at radius 3 is 3.00 bits per heavy atom. The number of likely N-dealkylation sites (tertiary alicyclic amines) is 1. The molecule has 0 aromatic carbocycles. The van der Waals surface area contributed by atoms with Gasteiger partial charge in [-0.15, -0.1) is 0 Å². The Bertz CT molecular complexity index is 842. The Hall–Kier alpha value is -1.91. The molecule has 1 aliphatic rings. The minimum atomic E-state index is 0.511. The number of aromatic nitrogens is 3. The summed E-state index contributed by atoms with van der Waals surface area (Å²) in [5.41, 5.74) is 3.99. The van der Waals surface area contributed by atoms with Crippen LogP contribution in [0.3, 0.4) is 0 Å². The van der Waals surface area contributed by atoms with E-state index in [4.69, 9.17) is 16.6 Å². The van der Waals surface area contributed by atoms with E-state index < -0.39 is 0 Å². The molecule has 23 heavy (non-hydrogen) atoms. The quantitative estimate of drug-likeness (QED) is 0.717. The molecule has 0 N–H and O–H groups in total. The summed E-state index contributed by atoms with van der Waals surface area (Å²) in [7, 11) is 2.18. The van der Waals surface area contributed by atoms with E-state index in [0.717, 1.165) is 23.6 Å². The number of rotatable bonds is 2. The molecule has 4 nitrogen and oxygen atoms in total. The normalized spacial score (nSPS) is 19.3. The molecule has 4 rings (SSSR count). The van der Waals surface area contributed by atoms with Crippen LogP contribution in [0.5, 0.6) is 0 Å². The fourth-order valence-corrected chi connectivity index (χ4v) is 3.53. The van der Waals surface area contributed by atoms with Gasteiger partial charge in [-0.05, 0) is 50.7 Å². The molecule has 118 valence electrons. The highest BCUT2D eigenvalue weighted by molar-refractivity contribution is 6.30. The first kappa shape index (κ1) is 14.7. The summed E-state index contributed by atoms with van der Waals surface area (Å²) < 4.78 is 2.00. The molecule has 0 spiro atoms. The van der Waals surface area contributed by atoms with E-state index in [-0.39, 0.29) is 0 Å². The predicted molar refractivity (Wildman–Crippen MR) is 92.9 cm³/mol. The molecule has 1 aliphatic heterocycles. The molecule has 0 radical (unpaired) electrons. The average Bonchev–Trinajstić information content (AvgIpc) is 2.98. The molecule has 3 aromatic heterocycles. The summed E-state index contributed by atoms with van der Waals surface area (Å²) >= 11 is 6.13. The molecule has 1 saturated heterocycles. The smallest absolute Gasteiger partial charge is 0.137 e. The fraction of sp³-hybridized carbons (Fsp3) is 0.333. The molecule has 3 aromatic rings. The maximum atomic E-state index is 6.13. The highest BCUT2D eigenvalue weighted by Crippen LogP contribution is 2.27. The van der Waals surface area contributed by atoms with Gasteiger partial charge in [0.15, 0.2) is 0 Å². The average molecular weight is 327 g/mol. The largest absolute Gasteiger partial charge is 0.306 e. The zero-order chi connectivity index (χ0) is 15.8. The summed E-state index contributed by atoms with van der Waals surface area (Å²) in [6.45, 7) is 2.26. The summed E-state index contributed by atoms with van der Waals surface area (Å²) in [5, 5.41) is 0.696. The van der Waals surface area contributed by atoms with E-state index in [2.05, 4.69) is 29.1 Å². The number of likely N-dealkylation sites (N-methyl/N-ethyl adjacent to an activating group) is 1. The molecule has 0 saturated carbocycles. The van der Waals surface area contributed by atoms with Crippen molar-refractivity contribution in [3.63, 3.8) is 0 Å². The van der Waals surface area contributed by atoms with Gasteiger partial charge in [0.1, 0.15) is 5.65 Å². The molecule has 1 atom stereocenters. The minimum Gasteiger partial charge on any atom is -0.306 e. The number of fused-ring (bicyclic) bond motifs is 1. The van der Waals surface area contributed by atoms with Gasteiger partial charge < -0.3 is 4.90 Å². The lowest BCUT2D eigenvalue weighted by Gasteiger charge is -2.29. The van der Waals surface area contributed by atoms with Crippen LogP contribution in [0.1, 0.15) is 24.5 Å². The molecule has 0 bridgehead atoms. The van der Waals surface area contributed by atoms with Gasteiger partial charge in [0.05, 0.1) is 22.6 Å². The van der Waals surface area contributed by atoms with Crippen molar-refractivity contribution in [1.29, 1.82) is 0 Å². The first-order chi connectivity index (χ1) is 11.2. The lowest BCUT2D eigenvalue weighted by molar-refractivity contribution is 0.248. The van der Waals surface area contributed by atoms with Crippen LogP contribution in [-0.4, -0.2) is 39.4 Å². The van der Waals surface area contributed by atoms with Crippen molar-refractivity contribution in [2.24, 2.45) is 0 Å². The molecular formula is C18H19ClN4. The van der Waals surface area contributed by atoms with E-state index >= 15 is 0 Å². The predicted octanol–water partition coefficient (Wildman–Crippen LogP) is 3.86. The van der Waals surface area contributed by atoms with E-state index in [9.17, 15) is 0 Å². The second kappa shape index (κ2) is 5.95. The Morgan fingerprint density at radius 1 is 1.22 bits per heavy atom. The summed E-state index contributed by atoms with van der Waals surface area (Å²) in [6.07, 6.45) is 6.20. The van der Waals surface area contributed by atoms with Crippen molar-refractivity contribution in [2.45, 2.75) is 18.8 Å². The highest BCUT2D eigenvalue weighted by Gasteiger charge is 2.20. The van der Waals surface area contributed by atoms with Crippen LogP contribution in [0.15, 0.2) is 42.7 Å². The number of nitrogens with zero attached hydrogens (tertiary/aromatic N) is 4. The number of halogens is 1. The van der Waals surface area contributed by atoms with Crippen molar-refractivity contribution in [2.75, 3.05) is 20.1 Å². The van der Waals surface area contributed by atoms with Crippen molar-refractivity contribution in [3.8, 4) is 11.4 Å². The Morgan fingerprint density at radius 2 is 2.13 bits per heavy atom. The topological polar surface area (TPSA) is 33.4 Å². The number of hydrogen-bond acceptors (Lipinski definition) is 3. The third-order valence-electron chi connectivity index (χ3n) is 4.55. The number of pyridine rings is 2. The second-order valence-electron chi connectivity index (χ2n) is 6.27. The molecule has 5 heteroatoms. The Kier molecular flexibility index (Phi) is 3.79. The maximum Gasteiger partial charge on any atom is 0.137 e. The number of hydrogen-bond donors (Lipinski definition) is 0. The monoisotopic (exact) mass is 326 g/mol. The standard InChI is InChI=1S/C18H19ClN4/c1-22-9-3-4-13(11-22)15-5-2-6-16(21-15)17-10-20-18-8-7-14(19)12-23(17)18/h2,5-8,10,12-13H,3-4,9,11H2,1H3/t13-/m1/s1. The Balaban J connectivity index is 1.74. The van der Waals surface area contributed by atoms with Crippen LogP contribution < -0.4 is 0 Å². The summed E-state index contributed by atoms with van der Waals surface area (Å²) in [4.78, 5) is 11.8. The SMILES string of the molecule is CN1CCC[C@@H](c2cccc(-c3cnc4ccc(Cl)cn34)n2)C1. The van der Waals surface area contributed by atoms with Gasteiger partial charge in [-0.3, -0.25) is 9.38 Å². The first-order valence-corrected chi connectivity index (χ1v) is 8.37. The van der Waals surface area contributed by atoms with Gasteiger partial charge in [-0.25, -0.2) is 4.98 Å². The number of piperidine rings is 1. The summed E-state index contributed by atoms with van der Waals surface area (Å²) in [6, 6.07) is 10.1. The van der Waals surface area contributed by atoms with Crippen molar-refractivity contribution in [3.05, 3.63) is 53.4 Å². The van der Waals surface area contributed by atoms with Crippen LogP contribution in [0, 0.1) is 0 Å². The van der Waals surface area contributed by atoms with Gasteiger partial charge in [0.2, 0.25) is 0 Å². The summed E-state index contributed by atoms with van der Waals surface area (Å²) in [5.74, 6) is 0.511. The lowest BCUT2D eigenvalue weighted by Crippen LogP contribution is -2.31. The maximum absolute atomic E-state index is 6.13. The van der Waals surface area contributed by atoms with Crippen LogP contribution in [0.25, 0.3) is 17.0 Å². The van der Waals surface area contributed by atoms with Gasteiger partial charge in [-0.1, -0.05) is 17.7 Å². The van der Waals surface area contributed by atoms with Crippen molar-refractivity contribution in [1.82, 2.24) is 19.3 Å².